The van der Waals surface area contributed by atoms with E-state index in [0.29, 0.717) is 17.2 Å². The third-order valence-corrected chi connectivity index (χ3v) is 4.42. The maximum absolute atomic E-state index is 13.0. The van der Waals surface area contributed by atoms with Crippen LogP contribution in [0.15, 0.2) is 66.7 Å². The number of carbonyl (C=O) groups is 2. The highest BCUT2D eigenvalue weighted by atomic mass is 19.1. The van der Waals surface area contributed by atoms with Crippen LogP contribution in [0.5, 0.6) is 11.5 Å². The van der Waals surface area contributed by atoms with Crippen molar-refractivity contribution < 1.29 is 28.9 Å². The molecule has 0 saturated heterocycles. The standard InChI is InChI=1S/C23H22FN3O5/c1-14(29)22(27-21(30)13-28)23(31)26-20-4-2-3-19(25-20)15-5-9-17(10-6-15)32-18-11-7-16(24)8-12-18/h2-12,14,22,28-29H,13H2,1H3,(H,27,30)(H,25,26,31)/t14?,22-/m0/s1. The van der Waals surface area contributed by atoms with Gasteiger partial charge in [-0.1, -0.05) is 6.07 Å². The number of benzene rings is 2. The van der Waals surface area contributed by atoms with Crippen LogP contribution < -0.4 is 15.4 Å². The molecule has 1 heterocycles. The minimum Gasteiger partial charge on any atom is -0.457 e. The average molecular weight is 439 g/mol. The smallest absolute Gasteiger partial charge is 0.250 e. The van der Waals surface area contributed by atoms with Gasteiger partial charge in [-0.25, -0.2) is 9.37 Å². The molecule has 0 aliphatic heterocycles. The first-order valence-electron chi connectivity index (χ1n) is 9.76. The Hall–Kier alpha value is -3.82. The first-order valence-corrected chi connectivity index (χ1v) is 9.76. The fourth-order valence-electron chi connectivity index (χ4n) is 2.83. The normalized spacial score (nSPS) is 12.5. The summed E-state index contributed by atoms with van der Waals surface area (Å²) in [6.07, 6.45) is -1.18. The van der Waals surface area contributed by atoms with Crippen LogP contribution >= 0.6 is 0 Å². The second-order valence-corrected chi connectivity index (χ2v) is 6.92. The number of aromatic nitrogens is 1. The van der Waals surface area contributed by atoms with Gasteiger partial charge >= 0.3 is 0 Å². The zero-order valence-corrected chi connectivity index (χ0v) is 17.2. The Morgan fingerprint density at radius 3 is 2.25 bits per heavy atom. The van der Waals surface area contributed by atoms with E-state index in [1.54, 1.807) is 42.5 Å². The van der Waals surface area contributed by atoms with Gasteiger partial charge in [0.05, 0.1) is 11.8 Å². The average Bonchev–Trinajstić information content (AvgIpc) is 2.79. The molecule has 0 spiro atoms. The molecule has 0 saturated carbocycles. The Balaban J connectivity index is 1.70. The third kappa shape index (κ3) is 6.10. The van der Waals surface area contributed by atoms with Gasteiger partial charge in [-0.2, -0.15) is 0 Å². The third-order valence-electron chi connectivity index (χ3n) is 4.42. The molecule has 4 N–H and O–H groups in total. The predicted molar refractivity (Wildman–Crippen MR) is 115 cm³/mol. The molecule has 3 aromatic rings. The number of anilines is 1. The van der Waals surface area contributed by atoms with Crippen molar-refractivity contribution in [3.8, 4) is 22.8 Å². The van der Waals surface area contributed by atoms with E-state index in [-0.39, 0.29) is 11.6 Å². The van der Waals surface area contributed by atoms with E-state index in [1.807, 2.05) is 0 Å². The lowest BCUT2D eigenvalue weighted by atomic mass is 10.1. The minimum absolute atomic E-state index is 0.225. The lowest BCUT2D eigenvalue weighted by molar-refractivity contribution is -0.130. The van der Waals surface area contributed by atoms with Gasteiger partial charge in [0.25, 0.3) is 5.91 Å². The van der Waals surface area contributed by atoms with E-state index >= 15 is 0 Å². The highest BCUT2D eigenvalue weighted by Crippen LogP contribution is 2.25. The van der Waals surface area contributed by atoms with Gasteiger partial charge in [0.15, 0.2) is 0 Å². The number of amides is 2. The fraction of sp³-hybridized carbons (Fsp3) is 0.174. The van der Waals surface area contributed by atoms with Crippen molar-refractivity contribution in [2.45, 2.75) is 19.1 Å². The molecule has 1 unspecified atom stereocenters. The number of ether oxygens (including phenoxy) is 1. The molecule has 2 atom stereocenters. The summed E-state index contributed by atoms with van der Waals surface area (Å²) < 4.78 is 18.7. The van der Waals surface area contributed by atoms with E-state index in [0.717, 1.165) is 5.56 Å². The Morgan fingerprint density at radius 1 is 1.03 bits per heavy atom. The van der Waals surface area contributed by atoms with E-state index in [4.69, 9.17) is 9.84 Å². The van der Waals surface area contributed by atoms with Gasteiger partial charge < -0.3 is 25.6 Å². The highest BCUT2D eigenvalue weighted by molar-refractivity contribution is 5.97. The van der Waals surface area contributed by atoms with E-state index in [9.17, 15) is 19.1 Å². The Kier molecular flexibility index (Phi) is 7.48. The topological polar surface area (TPSA) is 121 Å². The molecule has 0 bridgehead atoms. The number of halogens is 1. The number of hydrogen-bond acceptors (Lipinski definition) is 6. The van der Waals surface area contributed by atoms with Gasteiger partial charge in [0.2, 0.25) is 5.91 Å². The predicted octanol–water partition coefficient (Wildman–Crippen LogP) is 2.48. The van der Waals surface area contributed by atoms with Crippen LogP contribution in [0, 0.1) is 5.82 Å². The summed E-state index contributed by atoms with van der Waals surface area (Å²) in [6, 6.07) is 16.5. The number of carbonyl (C=O) groups excluding carboxylic acids is 2. The maximum Gasteiger partial charge on any atom is 0.250 e. The number of nitrogens with one attached hydrogen (secondary N) is 2. The van der Waals surface area contributed by atoms with Crippen molar-refractivity contribution in [1.29, 1.82) is 0 Å². The van der Waals surface area contributed by atoms with Crippen molar-refractivity contribution in [2.75, 3.05) is 11.9 Å². The molecule has 2 amide bonds. The quantitative estimate of drug-likeness (QED) is 0.428. The second-order valence-electron chi connectivity index (χ2n) is 6.92. The summed E-state index contributed by atoms with van der Waals surface area (Å²) in [5.41, 5.74) is 1.33. The summed E-state index contributed by atoms with van der Waals surface area (Å²) >= 11 is 0. The largest absolute Gasteiger partial charge is 0.457 e. The van der Waals surface area contributed by atoms with Gasteiger partial charge in [0, 0.05) is 5.56 Å². The molecular formula is C23H22FN3O5. The second kappa shape index (κ2) is 10.5. The summed E-state index contributed by atoms with van der Waals surface area (Å²) in [5.74, 6) is -0.512. The molecule has 8 nitrogen and oxygen atoms in total. The number of rotatable bonds is 8. The van der Waals surface area contributed by atoms with Crippen molar-refractivity contribution in [3.63, 3.8) is 0 Å². The molecule has 3 rings (SSSR count). The molecule has 9 heteroatoms. The lowest BCUT2D eigenvalue weighted by Crippen LogP contribution is -2.51. The van der Waals surface area contributed by atoms with Gasteiger partial charge in [-0.05, 0) is 67.6 Å². The summed E-state index contributed by atoms with van der Waals surface area (Å²) in [6.45, 7) is 0.548. The zero-order valence-electron chi connectivity index (χ0n) is 17.2. The molecule has 0 aliphatic rings. The first-order chi connectivity index (χ1) is 15.4. The molecule has 32 heavy (non-hydrogen) atoms. The summed E-state index contributed by atoms with van der Waals surface area (Å²) in [4.78, 5) is 28.2. The molecule has 0 radical (unpaired) electrons. The van der Waals surface area contributed by atoms with Crippen LogP contribution in [0.25, 0.3) is 11.3 Å². The van der Waals surface area contributed by atoms with Crippen LogP contribution in [0.4, 0.5) is 10.2 Å². The minimum atomic E-state index is -1.25. The Morgan fingerprint density at radius 2 is 1.66 bits per heavy atom. The molecule has 0 aliphatic carbocycles. The van der Waals surface area contributed by atoms with Gasteiger partial charge in [-0.15, -0.1) is 0 Å². The monoisotopic (exact) mass is 439 g/mol. The van der Waals surface area contributed by atoms with Crippen molar-refractivity contribution >= 4 is 17.6 Å². The van der Waals surface area contributed by atoms with Crippen LogP contribution in [0.1, 0.15) is 6.92 Å². The van der Waals surface area contributed by atoms with E-state index < -0.39 is 30.6 Å². The number of nitrogens with zero attached hydrogens (tertiary/aromatic N) is 1. The van der Waals surface area contributed by atoms with Gasteiger partial charge in [-0.3, -0.25) is 9.59 Å². The van der Waals surface area contributed by atoms with Gasteiger partial charge in [0.1, 0.15) is 35.8 Å². The maximum atomic E-state index is 13.0. The molecule has 1 aromatic heterocycles. The summed E-state index contributed by atoms with van der Waals surface area (Å²) in [5, 5.41) is 23.4. The summed E-state index contributed by atoms with van der Waals surface area (Å²) in [7, 11) is 0. The SMILES string of the molecule is CC(O)[C@H](NC(=O)CO)C(=O)Nc1cccc(-c2ccc(Oc3ccc(F)cc3)cc2)n1. The Bertz CT molecular complexity index is 1070. The fourth-order valence-corrected chi connectivity index (χ4v) is 2.83. The van der Waals surface area contributed by atoms with Crippen molar-refractivity contribution in [1.82, 2.24) is 10.3 Å². The van der Waals surface area contributed by atoms with Crippen LogP contribution in [-0.4, -0.2) is 45.8 Å². The number of aliphatic hydroxyl groups excluding tert-OH is 2. The van der Waals surface area contributed by atoms with Crippen molar-refractivity contribution in [3.05, 3.63) is 72.5 Å². The molecular weight excluding hydrogens is 417 g/mol. The molecule has 166 valence electrons. The molecule has 2 aromatic carbocycles. The zero-order chi connectivity index (χ0) is 23.1. The van der Waals surface area contributed by atoms with E-state index in [2.05, 4.69) is 15.6 Å². The first kappa shape index (κ1) is 22.9. The van der Waals surface area contributed by atoms with Crippen LogP contribution in [-0.2, 0) is 9.59 Å². The number of hydrogen-bond donors (Lipinski definition) is 4. The van der Waals surface area contributed by atoms with Crippen molar-refractivity contribution in [2.24, 2.45) is 0 Å². The van der Waals surface area contributed by atoms with E-state index in [1.165, 1.54) is 31.2 Å². The number of pyridine rings is 1. The lowest BCUT2D eigenvalue weighted by Gasteiger charge is -2.20. The Labute approximate surface area is 183 Å². The van der Waals surface area contributed by atoms with Crippen LogP contribution in [0.2, 0.25) is 0 Å². The number of aliphatic hydroxyl groups is 2. The molecule has 0 fully saturated rings. The van der Waals surface area contributed by atoms with Crippen LogP contribution in [0.3, 0.4) is 0 Å². The highest BCUT2D eigenvalue weighted by Gasteiger charge is 2.25.